The van der Waals surface area contributed by atoms with Gasteiger partial charge in [-0.15, -0.1) is 0 Å². The van der Waals surface area contributed by atoms with Gasteiger partial charge in [0.25, 0.3) is 0 Å². The Balaban J connectivity index is 1.42. The minimum atomic E-state index is -1.30. The van der Waals surface area contributed by atoms with E-state index in [1.807, 2.05) is 0 Å². The van der Waals surface area contributed by atoms with Gasteiger partial charge in [-0.1, -0.05) is 147 Å². The second kappa shape index (κ2) is 10.5. The highest BCUT2D eigenvalue weighted by Crippen LogP contribution is 2.72. The quantitative estimate of drug-likeness (QED) is 0.207. The lowest BCUT2D eigenvalue weighted by molar-refractivity contribution is -0.0630. The summed E-state index contributed by atoms with van der Waals surface area (Å²) in [5, 5.41) is 18.6. The maximum Gasteiger partial charge on any atom is 0.126 e. The molecule has 0 saturated heterocycles. The molecule has 0 spiro atoms. The lowest BCUT2D eigenvalue weighted by atomic mass is 9.54. The number of aliphatic hydroxyl groups is 1. The molecule has 8 rings (SSSR count). The molecule has 1 N–H and O–H groups in total. The van der Waals surface area contributed by atoms with E-state index in [1.165, 1.54) is 21.9 Å². The van der Waals surface area contributed by atoms with Gasteiger partial charge in [-0.05, 0) is 86.5 Å². The molecule has 6 aromatic rings. The highest BCUT2D eigenvalue weighted by molar-refractivity contribution is 5.98. The average Bonchev–Trinajstić information content (AvgIpc) is 3.48. The Morgan fingerprint density at radius 2 is 1.09 bits per heavy atom. The summed E-state index contributed by atoms with van der Waals surface area (Å²) in [4.78, 5) is 5.76. The van der Waals surface area contributed by atoms with E-state index in [0.29, 0.717) is 5.92 Å². The van der Waals surface area contributed by atoms with Gasteiger partial charge in [-0.3, -0.25) is 4.99 Å². The van der Waals surface area contributed by atoms with Crippen molar-refractivity contribution in [1.29, 1.82) is 0 Å². The third-order valence-electron chi connectivity index (χ3n) is 11.4. The Morgan fingerprint density at radius 1 is 0.622 bits per heavy atom. The maximum atomic E-state index is 13.9. The molecule has 6 aromatic carbocycles. The predicted molar refractivity (Wildman–Crippen MR) is 187 cm³/mol. The zero-order valence-electron chi connectivity index (χ0n) is 26.0. The normalized spacial score (nSPS) is 21.7. The van der Waals surface area contributed by atoms with Gasteiger partial charge in [0.1, 0.15) is 5.60 Å². The molecule has 2 aliphatic carbocycles. The fourth-order valence-electron chi connectivity index (χ4n) is 8.98. The van der Waals surface area contributed by atoms with Crippen molar-refractivity contribution in [1.82, 2.24) is 0 Å². The van der Waals surface area contributed by atoms with E-state index < -0.39 is 11.0 Å². The van der Waals surface area contributed by atoms with Crippen molar-refractivity contribution < 1.29 is 5.11 Å². The van der Waals surface area contributed by atoms with Gasteiger partial charge < -0.3 is 5.11 Å². The average molecular weight is 586 g/mol. The van der Waals surface area contributed by atoms with Gasteiger partial charge in [-0.25, -0.2) is 0 Å². The molecule has 2 atom stereocenters. The lowest BCUT2D eigenvalue weighted by Gasteiger charge is -2.51. The zero-order valence-corrected chi connectivity index (χ0v) is 26.0. The molecule has 2 nitrogen and oxygen atoms in total. The van der Waals surface area contributed by atoms with E-state index in [0.717, 1.165) is 46.9 Å². The summed E-state index contributed by atoms with van der Waals surface area (Å²) in [6, 6.07) is 51.2. The Labute approximate surface area is 266 Å². The summed E-state index contributed by atoms with van der Waals surface area (Å²) in [5.74, 6) is 0.441. The van der Waals surface area contributed by atoms with Crippen LogP contribution in [-0.2, 0) is 5.60 Å². The molecule has 0 unspecified atom stereocenters. The predicted octanol–water partition coefficient (Wildman–Crippen LogP) is 10.3. The van der Waals surface area contributed by atoms with Crippen molar-refractivity contribution in [3.63, 3.8) is 0 Å². The Bertz CT molecular complexity index is 1920. The van der Waals surface area contributed by atoms with E-state index >= 15 is 0 Å². The first kappa shape index (κ1) is 28.0. The minimum Gasteiger partial charge on any atom is -0.379 e. The van der Waals surface area contributed by atoms with E-state index in [4.69, 9.17) is 4.99 Å². The Kier molecular flexibility index (Phi) is 6.55. The molecule has 0 aromatic heterocycles. The SMILES string of the molecule is CC1(C)[C@@H]2CC[C@@]1(C(O)(c1ccc3ccccc3c1)c1ccc3ccccc3c1)C(=NC(c1ccccc1)c1ccccc1)C2. The van der Waals surface area contributed by atoms with Gasteiger partial charge in [-0.2, -0.15) is 0 Å². The molecule has 2 saturated carbocycles. The molecule has 0 heterocycles. The van der Waals surface area contributed by atoms with Crippen LogP contribution < -0.4 is 0 Å². The Hall–Kier alpha value is -4.53. The Morgan fingerprint density at radius 3 is 1.58 bits per heavy atom. The lowest BCUT2D eigenvalue weighted by Crippen LogP contribution is -2.55. The summed E-state index contributed by atoms with van der Waals surface area (Å²) in [7, 11) is 0. The molecule has 45 heavy (non-hydrogen) atoms. The largest absolute Gasteiger partial charge is 0.379 e. The molecule has 0 amide bonds. The van der Waals surface area contributed by atoms with E-state index in [2.05, 4.69) is 159 Å². The van der Waals surface area contributed by atoms with Crippen LogP contribution in [0.1, 0.15) is 61.4 Å². The first-order valence-corrected chi connectivity index (χ1v) is 16.3. The fraction of sp³-hybridized carbons (Fsp3) is 0.233. The van der Waals surface area contributed by atoms with Crippen LogP contribution in [-0.4, -0.2) is 10.8 Å². The summed E-state index contributed by atoms with van der Waals surface area (Å²) in [5.41, 5.74) is 3.29. The molecule has 2 heteroatoms. The van der Waals surface area contributed by atoms with Gasteiger partial charge in [0, 0.05) is 5.71 Å². The molecular weight excluding hydrogens is 546 g/mol. The summed E-state index contributed by atoms with van der Waals surface area (Å²) >= 11 is 0. The van der Waals surface area contributed by atoms with E-state index in [1.54, 1.807) is 0 Å². The van der Waals surface area contributed by atoms with Crippen LogP contribution in [0.2, 0.25) is 0 Å². The number of fused-ring (bicyclic) bond motifs is 4. The molecule has 2 fully saturated rings. The first-order valence-electron chi connectivity index (χ1n) is 16.3. The van der Waals surface area contributed by atoms with Crippen molar-refractivity contribution in [2.75, 3.05) is 0 Å². The number of hydrogen-bond acceptors (Lipinski definition) is 2. The second-order valence-corrected chi connectivity index (χ2v) is 13.7. The highest BCUT2D eigenvalue weighted by atomic mass is 16.3. The maximum absolute atomic E-state index is 13.9. The summed E-state index contributed by atoms with van der Waals surface area (Å²) in [6.45, 7) is 4.78. The van der Waals surface area contributed by atoms with Crippen LogP contribution in [0, 0.1) is 16.7 Å². The number of nitrogens with zero attached hydrogens (tertiary/aromatic N) is 1. The third kappa shape index (κ3) is 4.16. The second-order valence-electron chi connectivity index (χ2n) is 13.7. The van der Waals surface area contributed by atoms with E-state index in [9.17, 15) is 5.11 Å². The van der Waals surface area contributed by atoms with Gasteiger partial charge >= 0.3 is 0 Å². The van der Waals surface area contributed by atoms with Gasteiger partial charge in [0.15, 0.2) is 0 Å². The van der Waals surface area contributed by atoms with Crippen molar-refractivity contribution in [3.8, 4) is 0 Å². The zero-order chi connectivity index (χ0) is 30.6. The topological polar surface area (TPSA) is 32.6 Å². The molecule has 0 aliphatic heterocycles. The number of aliphatic imine (C=N–C) groups is 1. The third-order valence-corrected chi connectivity index (χ3v) is 11.4. The first-order chi connectivity index (χ1) is 21.9. The molecule has 222 valence electrons. The number of rotatable bonds is 6. The van der Waals surface area contributed by atoms with Crippen LogP contribution in [0.25, 0.3) is 21.5 Å². The highest BCUT2D eigenvalue weighted by Gasteiger charge is 2.71. The molecule has 0 radical (unpaired) electrons. The van der Waals surface area contributed by atoms with Crippen LogP contribution in [0.5, 0.6) is 0 Å². The number of benzene rings is 6. The van der Waals surface area contributed by atoms with Crippen molar-refractivity contribution in [2.45, 2.75) is 44.8 Å². The van der Waals surface area contributed by atoms with Gasteiger partial charge in [0.05, 0.1) is 11.5 Å². The van der Waals surface area contributed by atoms with Gasteiger partial charge in [0.2, 0.25) is 0 Å². The molecular formula is C43H39NO. The van der Waals surface area contributed by atoms with Crippen molar-refractivity contribution >= 4 is 27.3 Å². The van der Waals surface area contributed by atoms with Crippen LogP contribution in [0.15, 0.2) is 151 Å². The standard InChI is InChI=1S/C43H39NO/c1-41(2)36-25-26-42(41,39(29-36)44-40(32-15-5-3-6-16-32)33-17-7-4-8-18-33)43(45,37-23-21-30-13-9-11-19-34(30)27-37)38-24-22-31-14-10-12-20-35(31)28-38/h3-24,27-28,36,40,45H,25-26,29H2,1-2H3/t36-,42-/m1/s1. The van der Waals surface area contributed by atoms with Crippen molar-refractivity contribution in [3.05, 3.63) is 168 Å². The van der Waals surface area contributed by atoms with Crippen LogP contribution in [0.3, 0.4) is 0 Å². The molecule has 2 bridgehead atoms. The summed E-state index contributed by atoms with van der Waals surface area (Å²) in [6.07, 6.45) is 2.86. The van der Waals surface area contributed by atoms with Crippen LogP contribution in [0.4, 0.5) is 0 Å². The number of hydrogen-bond donors (Lipinski definition) is 1. The van der Waals surface area contributed by atoms with Crippen molar-refractivity contribution in [2.24, 2.45) is 21.7 Å². The smallest absolute Gasteiger partial charge is 0.126 e. The van der Waals surface area contributed by atoms with E-state index in [-0.39, 0.29) is 11.5 Å². The minimum absolute atomic E-state index is 0.146. The molecule has 2 aliphatic rings. The summed E-state index contributed by atoms with van der Waals surface area (Å²) < 4.78 is 0. The van der Waals surface area contributed by atoms with Crippen LogP contribution >= 0.6 is 0 Å². The monoisotopic (exact) mass is 585 g/mol. The fourth-order valence-corrected chi connectivity index (χ4v) is 8.98.